The van der Waals surface area contributed by atoms with Gasteiger partial charge in [-0.25, -0.2) is 0 Å². The maximum absolute atomic E-state index is 13.1. The minimum Gasteiger partial charge on any atom is -0.502 e. The Hall–Kier alpha value is -3.39. The maximum Gasteiger partial charge on any atom is 0.418 e. The molecule has 3 rings (SSSR count). The zero-order valence-electron chi connectivity index (χ0n) is 15.2. The lowest BCUT2D eigenvalue weighted by Crippen LogP contribution is -2.04. The third-order valence-electron chi connectivity index (χ3n) is 4.28. The number of benzene rings is 3. The quantitative estimate of drug-likeness (QED) is 0.290. The third-order valence-corrected chi connectivity index (χ3v) is 4.65. The largest absolute Gasteiger partial charge is 0.502 e. The van der Waals surface area contributed by atoms with Crippen molar-refractivity contribution in [2.24, 2.45) is 4.99 Å². The number of phenols is 1. The molecule has 0 aromatic heterocycles. The molecule has 1 N–H and O–H groups in total. The first-order valence-corrected chi connectivity index (χ1v) is 8.98. The topological polar surface area (TPSA) is 75.7 Å². The number of hydrogen-bond acceptors (Lipinski definition) is 4. The number of aliphatic imine (C=N–C) groups is 1. The molecule has 30 heavy (non-hydrogen) atoms. The van der Waals surface area contributed by atoms with Crippen molar-refractivity contribution in [2.45, 2.75) is 12.6 Å². The van der Waals surface area contributed by atoms with Crippen LogP contribution in [0.25, 0.3) is 0 Å². The predicted molar refractivity (Wildman–Crippen MR) is 108 cm³/mol. The normalized spacial score (nSPS) is 11.7. The van der Waals surface area contributed by atoms with E-state index in [4.69, 9.17) is 11.6 Å². The van der Waals surface area contributed by atoms with Crippen molar-refractivity contribution < 1.29 is 23.2 Å². The summed E-state index contributed by atoms with van der Waals surface area (Å²) in [5, 5.41) is 22.0. The molecule has 0 spiro atoms. The molecule has 9 heteroatoms. The molecule has 0 bridgehead atoms. The van der Waals surface area contributed by atoms with Crippen LogP contribution in [-0.4, -0.2) is 16.2 Å². The molecule has 0 saturated heterocycles. The molecule has 5 nitrogen and oxygen atoms in total. The van der Waals surface area contributed by atoms with Crippen LogP contribution in [0.4, 0.5) is 24.5 Å². The lowest BCUT2D eigenvalue weighted by atomic mass is 10.0. The molecule has 154 valence electrons. The summed E-state index contributed by atoms with van der Waals surface area (Å²) in [4.78, 5) is 14.4. The van der Waals surface area contributed by atoms with Crippen LogP contribution in [0.15, 0.2) is 65.7 Å². The summed E-state index contributed by atoms with van der Waals surface area (Å²) in [6.07, 6.45) is -3.42. The summed E-state index contributed by atoms with van der Waals surface area (Å²) in [6, 6.07) is 14.2. The Labute approximate surface area is 174 Å². The fraction of sp³-hybridized carbons (Fsp3) is 0.0952. The second kappa shape index (κ2) is 8.54. The van der Waals surface area contributed by atoms with Gasteiger partial charge < -0.3 is 5.11 Å². The van der Waals surface area contributed by atoms with E-state index >= 15 is 0 Å². The fourth-order valence-electron chi connectivity index (χ4n) is 2.87. The molecule has 0 aliphatic heterocycles. The van der Waals surface area contributed by atoms with Crippen molar-refractivity contribution in [3.63, 3.8) is 0 Å². The highest BCUT2D eigenvalue weighted by molar-refractivity contribution is 6.31. The molecule has 0 aliphatic carbocycles. The van der Waals surface area contributed by atoms with Crippen molar-refractivity contribution >= 4 is 29.2 Å². The summed E-state index contributed by atoms with van der Waals surface area (Å²) in [6.45, 7) is 0. The Bertz CT molecular complexity index is 1130. The van der Waals surface area contributed by atoms with Gasteiger partial charge in [0.1, 0.15) is 0 Å². The smallest absolute Gasteiger partial charge is 0.418 e. The lowest BCUT2D eigenvalue weighted by molar-refractivity contribution is -0.385. The third kappa shape index (κ3) is 4.77. The average Bonchev–Trinajstić information content (AvgIpc) is 2.69. The number of hydrogen-bond donors (Lipinski definition) is 1. The maximum atomic E-state index is 13.1. The van der Waals surface area contributed by atoms with Gasteiger partial charge in [-0.05, 0) is 41.8 Å². The van der Waals surface area contributed by atoms with Crippen LogP contribution in [0.3, 0.4) is 0 Å². The molecule has 0 heterocycles. The number of nitro benzene ring substituents is 1. The van der Waals surface area contributed by atoms with Crippen molar-refractivity contribution in [3.05, 3.63) is 98.1 Å². The molecule has 3 aromatic carbocycles. The molecule has 0 saturated carbocycles. The minimum absolute atomic E-state index is 0.0803. The summed E-state index contributed by atoms with van der Waals surface area (Å²) in [5.41, 5.74) is -0.845. The Morgan fingerprint density at radius 2 is 1.77 bits per heavy atom. The molecule has 3 aromatic rings. The molecule has 0 aliphatic rings. The van der Waals surface area contributed by atoms with Crippen molar-refractivity contribution in [2.75, 3.05) is 0 Å². The number of nitrogens with zero attached hydrogens (tertiary/aromatic N) is 2. The number of alkyl halides is 3. The van der Waals surface area contributed by atoms with Gasteiger partial charge in [0.25, 0.3) is 0 Å². The second-order valence-electron chi connectivity index (χ2n) is 6.35. The van der Waals surface area contributed by atoms with Gasteiger partial charge in [-0.2, -0.15) is 13.2 Å². The van der Waals surface area contributed by atoms with E-state index in [1.807, 2.05) is 0 Å². The highest BCUT2D eigenvalue weighted by atomic mass is 35.5. The number of aromatic hydroxyl groups is 1. The zero-order valence-corrected chi connectivity index (χ0v) is 16.0. The Morgan fingerprint density at radius 1 is 1.10 bits per heavy atom. The van der Waals surface area contributed by atoms with Gasteiger partial charge in [0.05, 0.1) is 16.2 Å². The molecule has 0 radical (unpaired) electrons. The van der Waals surface area contributed by atoms with Crippen LogP contribution < -0.4 is 0 Å². The first kappa shape index (κ1) is 21.3. The van der Waals surface area contributed by atoms with Gasteiger partial charge in [-0.15, -0.1) is 0 Å². The zero-order chi connectivity index (χ0) is 21.9. The van der Waals surface area contributed by atoms with Crippen LogP contribution in [-0.2, 0) is 12.6 Å². The van der Waals surface area contributed by atoms with Crippen molar-refractivity contribution in [1.29, 1.82) is 0 Å². The number of rotatable bonds is 5. The Morgan fingerprint density at radius 3 is 2.43 bits per heavy atom. The minimum atomic E-state index is -4.62. The molecule has 0 fully saturated rings. The summed E-state index contributed by atoms with van der Waals surface area (Å²) >= 11 is 6.13. The van der Waals surface area contributed by atoms with E-state index in [9.17, 15) is 28.4 Å². The van der Waals surface area contributed by atoms with Crippen LogP contribution in [0, 0.1) is 10.1 Å². The highest BCUT2D eigenvalue weighted by Crippen LogP contribution is 2.37. The van der Waals surface area contributed by atoms with E-state index in [0.717, 1.165) is 12.3 Å². The van der Waals surface area contributed by atoms with E-state index in [2.05, 4.69) is 4.99 Å². The highest BCUT2D eigenvalue weighted by Gasteiger charge is 2.33. The molecular weight excluding hydrogens is 421 g/mol. The van der Waals surface area contributed by atoms with Gasteiger partial charge >= 0.3 is 11.9 Å². The first-order chi connectivity index (χ1) is 14.2. The first-order valence-electron chi connectivity index (χ1n) is 8.61. The van der Waals surface area contributed by atoms with Crippen LogP contribution in [0.1, 0.15) is 22.3 Å². The summed E-state index contributed by atoms with van der Waals surface area (Å²) in [5.74, 6) is -0.684. The SMILES string of the molecule is O=[N+]([O-])c1cc(Cc2ccccc2Cl)cc(C=Nc2ccccc2C(F)(F)F)c1O. The Balaban J connectivity index is 2.05. The molecular formula is C21H14ClF3N2O3. The van der Waals surface area contributed by atoms with Crippen molar-refractivity contribution in [1.82, 2.24) is 0 Å². The van der Waals surface area contributed by atoms with E-state index in [-0.39, 0.29) is 17.7 Å². The number of nitro groups is 1. The number of halogens is 4. The van der Waals surface area contributed by atoms with Gasteiger partial charge in [-0.1, -0.05) is 41.9 Å². The van der Waals surface area contributed by atoms with Gasteiger partial charge in [0, 0.05) is 22.9 Å². The van der Waals surface area contributed by atoms with Gasteiger partial charge in [0.2, 0.25) is 5.75 Å². The lowest BCUT2D eigenvalue weighted by Gasteiger charge is -2.10. The number of phenolic OH excluding ortho intramolecular Hbond substituents is 1. The van der Waals surface area contributed by atoms with E-state index < -0.39 is 28.1 Å². The predicted octanol–water partition coefficient (Wildman–Crippen LogP) is 6.31. The molecule has 0 unspecified atom stereocenters. The van der Waals surface area contributed by atoms with Gasteiger partial charge in [-0.3, -0.25) is 15.1 Å². The number of para-hydroxylation sites is 1. The summed E-state index contributed by atoms with van der Waals surface area (Å²) in [7, 11) is 0. The van der Waals surface area contributed by atoms with Crippen molar-refractivity contribution in [3.8, 4) is 5.75 Å². The van der Waals surface area contributed by atoms with Gasteiger partial charge in [0.15, 0.2) is 0 Å². The molecule has 0 amide bonds. The second-order valence-corrected chi connectivity index (χ2v) is 6.76. The van der Waals surface area contributed by atoms with Crippen LogP contribution in [0.2, 0.25) is 5.02 Å². The fourth-order valence-corrected chi connectivity index (χ4v) is 3.07. The van der Waals surface area contributed by atoms with E-state index in [0.29, 0.717) is 16.1 Å². The van der Waals surface area contributed by atoms with Crippen LogP contribution >= 0.6 is 11.6 Å². The average molecular weight is 435 g/mol. The van der Waals surface area contributed by atoms with E-state index in [1.165, 1.54) is 30.3 Å². The summed E-state index contributed by atoms with van der Waals surface area (Å²) < 4.78 is 39.4. The molecule has 0 atom stereocenters. The standard InChI is InChI=1S/C21H14ClF3N2O3/c22-17-7-3-1-5-14(17)9-13-10-15(20(28)19(11-13)27(29)30)12-26-18-8-4-2-6-16(18)21(23,24)25/h1-8,10-12,28H,9H2. The van der Waals surface area contributed by atoms with Crippen LogP contribution in [0.5, 0.6) is 5.75 Å². The monoisotopic (exact) mass is 434 g/mol. The van der Waals surface area contributed by atoms with E-state index in [1.54, 1.807) is 24.3 Å². The Kier molecular flexibility index (Phi) is 6.07.